The summed E-state index contributed by atoms with van der Waals surface area (Å²) in [6.45, 7) is 1.46. The highest BCUT2D eigenvalue weighted by Gasteiger charge is 2.28. The third-order valence-corrected chi connectivity index (χ3v) is 5.40. The Morgan fingerprint density at radius 1 is 1.16 bits per heavy atom. The summed E-state index contributed by atoms with van der Waals surface area (Å²) >= 11 is 1.65. The lowest BCUT2D eigenvalue weighted by Gasteiger charge is -2.30. The van der Waals surface area contributed by atoms with Gasteiger partial charge in [0.25, 0.3) is 5.91 Å². The maximum Gasteiger partial charge on any atom is 0.337 e. The smallest absolute Gasteiger partial charge is 0.337 e. The van der Waals surface area contributed by atoms with E-state index in [1.54, 1.807) is 35.6 Å². The van der Waals surface area contributed by atoms with Gasteiger partial charge in [-0.2, -0.15) is 0 Å². The number of nitrogens with one attached hydrogen (secondary N) is 1. The number of ether oxygens (including phenoxy) is 2. The van der Waals surface area contributed by atoms with Gasteiger partial charge in [-0.3, -0.25) is 4.79 Å². The van der Waals surface area contributed by atoms with Crippen molar-refractivity contribution in [3.8, 4) is 0 Å². The molecule has 0 aliphatic carbocycles. The number of rotatable bonds is 5. The van der Waals surface area contributed by atoms with Crippen LogP contribution < -0.4 is 5.32 Å². The van der Waals surface area contributed by atoms with Crippen LogP contribution in [-0.4, -0.2) is 32.2 Å². The lowest BCUT2D eigenvalue weighted by atomic mass is 9.90. The van der Waals surface area contributed by atoms with E-state index in [4.69, 9.17) is 4.74 Å². The Balaban J connectivity index is 1.74. The summed E-state index contributed by atoms with van der Waals surface area (Å²) in [5.41, 5.74) is 0.958. The highest BCUT2D eigenvalue weighted by atomic mass is 32.1. The van der Waals surface area contributed by atoms with E-state index in [1.165, 1.54) is 7.11 Å². The summed E-state index contributed by atoms with van der Waals surface area (Å²) in [6.07, 6.45) is 1.87. The van der Waals surface area contributed by atoms with E-state index >= 15 is 0 Å². The quantitative estimate of drug-likeness (QED) is 0.831. The fourth-order valence-corrected chi connectivity index (χ4v) is 3.91. The van der Waals surface area contributed by atoms with Gasteiger partial charge < -0.3 is 14.8 Å². The molecule has 1 aromatic heterocycles. The molecule has 6 heteroatoms. The fraction of sp³-hybridized carbons (Fsp3) is 0.368. The molecule has 1 atom stereocenters. The molecule has 1 N–H and O–H groups in total. The Morgan fingerprint density at radius 2 is 1.84 bits per heavy atom. The number of hydrogen-bond acceptors (Lipinski definition) is 5. The van der Waals surface area contributed by atoms with Gasteiger partial charge in [-0.05, 0) is 54.5 Å². The minimum absolute atomic E-state index is 0.0170. The van der Waals surface area contributed by atoms with E-state index in [9.17, 15) is 9.59 Å². The Labute approximate surface area is 151 Å². The van der Waals surface area contributed by atoms with Crippen LogP contribution in [0.4, 0.5) is 0 Å². The zero-order chi connectivity index (χ0) is 17.6. The molecular formula is C19H21NO4S. The second-order valence-electron chi connectivity index (χ2n) is 5.99. The minimum atomic E-state index is -0.411. The Bertz CT molecular complexity index is 706. The highest BCUT2D eigenvalue weighted by molar-refractivity contribution is 7.10. The number of esters is 1. The van der Waals surface area contributed by atoms with E-state index in [1.807, 2.05) is 11.4 Å². The van der Waals surface area contributed by atoms with Gasteiger partial charge in [-0.15, -0.1) is 11.3 Å². The Morgan fingerprint density at radius 3 is 2.44 bits per heavy atom. The van der Waals surface area contributed by atoms with E-state index in [0.717, 1.165) is 30.9 Å². The van der Waals surface area contributed by atoms with Gasteiger partial charge in [0.2, 0.25) is 0 Å². The topological polar surface area (TPSA) is 64.6 Å². The number of methoxy groups -OCH3 is 1. The first-order valence-corrected chi connectivity index (χ1v) is 9.17. The summed E-state index contributed by atoms with van der Waals surface area (Å²) in [6, 6.07) is 10.6. The van der Waals surface area contributed by atoms with Crippen LogP contribution in [0, 0.1) is 5.92 Å². The molecule has 1 amide bonds. The van der Waals surface area contributed by atoms with Crippen LogP contribution in [-0.2, 0) is 9.47 Å². The molecule has 1 saturated heterocycles. The molecule has 5 nitrogen and oxygen atoms in total. The summed E-state index contributed by atoms with van der Waals surface area (Å²) < 4.78 is 10.1. The molecule has 1 fully saturated rings. The molecule has 2 heterocycles. The van der Waals surface area contributed by atoms with Crippen LogP contribution in [0.5, 0.6) is 0 Å². The van der Waals surface area contributed by atoms with Crippen LogP contribution >= 0.6 is 11.3 Å². The monoisotopic (exact) mass is 359 g/mol. The zero-order valence-corrected chi connectivity index (χ0v) is 14.9. The first kappa shape index (κ1) is 17.6. The molecule has 0 saturated carbocycles. The van der Waals surface area contributed by atoms with Crippen molar-refractivity contribution >= 4 is 23.2 Å². The predicted molar refractivity (Wildman–Crippen MR) is 95.9 cm³/mol. The molecule has 1 aliphatic rings. The molecular weight excluding hydrogens is 338 g/mol. The van der Waals surface area contributed by atoms with Gasteiger partial charge in [0.15, 0.2) is 0 Å². The SMILES string of the molecule is COC(=O)c1ccc(C(=O)NC(c2cccs2)C2CCOCC2)cc1. The van der Waals surface area contributed by atoms with Crippen molar-refractivity contribution in [2.45, 2.75) is 18.9 Å². The molecule has 3 rings (SSSR count). The predicted octanol–water partition coefficient (Wildman–Crippen LogP) is 3.43. The number of hydrogen-bond donors (Lipinski definition) is 1. The van der Waals surface area contributed by atoms with Gasteiger partial charge >= 0.3 is 5.97 Å². The van der Waals surface area contributed by atoms with Crippen LogP contribution in [0.3, 0.4) is 0 Å². The van der Waals surface area contributed by atoms with Gasteiger partial charge in [-0.1, -0.05) is 6.07 Å². The van der Waals surface area contributed by atoms with Crippen molar-refractivity contribution in [3.05, 3.63) is 57.8 Å². The molecule has 1 unspecified atom stereocenters. The number of amides is 1. The van der Waals surface area contributed by atoms with Crippen LogP contribution in [0.25, 0.3) is 0 Å². The average molecular weight is 359 g/mol. The first-order valence-electron chi connectivity index (χ1n) is 8.29. The van der Waals surface area contributed by atoms with E-state index in [2.05, 4.69) is 16.1 Å². The van der Waals surface area contributed by atoms with Gasteiger partial charge in [0.05, 0.1) is 18.7 Å². The molecule has 1 aliphatic heterocycles. The molecule has 1 aromatic carbocycles. The van der Waals surface area contributed by atoms with Crippen molar-refractivity contribution in [1.29, 1.82) is 0 Å². The fourth-order valence-electron chi connectivity index (χ4n) is 3.04. The lowest BCUT2D eigenvalue weighted by Crippen LogP contribution is -2.35. The summed E-state index contributed by atoms with van der Waals surface area (Å²) in [5, 5.41) is 5.19. The van der Waals surface area contributed by atoms with Gasteiger partial charge in [-0.25, -0.2) is 4.79 Å². The van der Waals surface area contributed by atoms with E-state index in [0.29, 0.717) is 17.0 Å². The second kappa shape index (κ2) is 8.27. The normalized spacial score (nSPS) is 16.2. The maximum absolute atomic E-state index is 12.7. The van der Waals surface area contributed by atoms with Gasteiger partial charge in [0, 0.05) is 23.7 Å². The summed E-state index contributed by atoms with van der Waals surface area (Å²) in [4.78, 5) is 25.3. The van der Waals surface area contributed by atoms with Crippen molar-refractivity contribution in [2.24, 2.45) is 5.92 Å². The van der Waals surface area contributed by atoms with Crippen molar-refractivity contribution < 1.29 is 19.1 Å². The average Bonchev–Trinajstić information content (AvgIpc) is 3.20. The minimum Gasteiger partial charge on any atom is -0.465 e. The lowest BCUT2D eigenvalue weighted by molar-refractivity contribution is 0.0518. The zero-order valence-electron chi connectivity index (χ0n) is 14.1. The second-order valence-corrected chi connectivity index (χ2v) is 6.96. The Kier molecular flexibility index (Phi) is 5.83. The number of carbonyl (C=O) groups is 2. The van der Waals surface area contributed by atoms with E-state index < -0.39 is 5.97 Å². The number of thiophene rings is 1. The van der Waals surface area contributed by atoms with Crippen LogP contribution in [0.1, 0.15) is 44.5 Å². The van der Waals surface area contributed by atoms with Crippen molar-refractivity contribution in [2.75, 3.05) is 20.3 Å². The third-order valence-electron chi connectivity index (χ3n) is 4.44. The van der Waals surface area contributed by atoms with Crippen LogP contribution in [0.15, 0.2) is 41.8 Å². The van der Waals surface area contributed by atoms with Crippen LogP contribution in [0.2, 0.25) is 0 Å². The van der Waals surface area contributed by atoms with Gasteiger partial charge in [0.1, 0.15) is 0 Å². The first-order chi connectivity index (χ1) is 12.2. The molecule has 0 bridgehead atoms. The summed E-state index contributed by atoms with van der Waals surface area (Å²) in [7, 11) is 1.34. The maximum atomic E-state index is 12.7. The standard InChI is InChI=1S/C19H21NO4S/c1-23-19(22)15-6-4-14(5-7-15)18(21)20-17(16-3-2-12-25-16)13-8-10-24-11-9-13/h2-7,12-13,17H,8-11H2,1H3,(H,20,21). The summed E-state index contributed by atoms with van der Waals surface area (Å²) in [5.74, 6) is -0.183. The third kappa shape index (κ3) is 4.27. The largest absolute Gasteiger partial charge is 0.465 e. The molecule has 2 aromatic rings. The highest BCUT2D eigenvalue weighted by Crippen LogP contribution is 2.32. The molecule has 25 heavy (non-hydrogen) atoms. The molecule has 0 spiro atoms. The van der Waals surface area contributed by atoms with E-state index in [-0.39, 0.29) is 11.9 Å². The van der Waals surface area contributed by atoms with Crippen molar-refractivity contribution in [1.82, 2.24) is 5.32 Å². The van der Waals surface area contributed by atoms with Crippen molar-refractivity contribution in [3.63, 3.8) is 0 Å². The molecule has 132 valence electrons. The number of benzene rings is 1. The number of carbonyl (C=O) groups excluding carboxylic acids is 2. The molecule has 0 radical (unpaired) electrons. The Hall–Kier alpha value is -2.18.